The Bertz CT molecular complexity index is 1020. The molecule has 9 heteroatoms. The first kappa shape index (κ1) is 17.5. The number of anilines is 2. The molecule has 4 rings (SSSR count). The summed E-state index contributed by atoms with van der Waals surface area (Å²) in [6.45, 7) is 0. The van der Waals surface area contributed by atoms with Crippen LogP contribution in [-0.2, 0) is 9.59 Å². The molecule has 1 aliphatic rings. The van der Waals surface area contributed by atoms with Crippen LogP contribution in [0.15, 0.2) is 48.5 Å². The lowest BCUT2D eigenvalue weighted by Crippen LogP contribution is -2.23. The van der Waals surface area contributed by atoms with E-state index >= 15 is 0 Å². The third kappa shape index (κ3) is 3.65. The fourth-order valence-electron chi connectivity index (χ4n) is 2.75. The normalized spacial score (nSPS) is 15.3. The zero-order valence-electron chi connectivity index (χ0n) is 13.8. The second-order valence-corrected chi connectivity index (χ2v) is 6.85. The van der Waals surface area contributed by atoms with Crippen LogP contribution in [0.25, 0.3) is 11.4 Å². The number of carbonyl (C=O) groups excluding carboxylic acids is 2. The van der Waals surface area contributed by atoms with Crippen LogP contribution >= 0.6 is 23.2 Å². The average Bonchev–Trinajstić information content (AvgIpc) is 3.17. The summed E-state index contributed by atoms with van der Waals surface area (Å²) in [4.78, 5) is 28.8. The molecule has 0 saturated carbocycles. The fourth-order valence-corrected chi connectivity index (χ4v) is 3.00. The predicted octanol–water partition coefficient (Wildman–Crippen LogP) is 3.77. The molecule has 0 aliphatic carbocycles. The second-order valence-electron chi connectivity index (χ2n) is 5.97. The van der Waals surface area contributed by atoms with Gasteiger partial charge in [0.05, 0.1) is 6.42 Å². The van der Waals surface area contributed by atoms with Crippen LogP contribution in [-0.4, -0.2) is 26.6 Å². The molecule has 27 heavy (non-hydrogen) atoms. The van der Waals surface area contributed by atoms with Gasteiger partial charge in [0.1, 0.15) is 6.04 Å². The van der Waals surface area contributed by atoms with Gasteiger partial charge in [-0.2, -0.15) is 4.98 Å². The third-order valence-electron chi connectivity index (χ3n) is 4.07. The van der Waals surface area contributed by atoms with E-state index in [0.29, 0.717) is 27.5 Å². The number of nitrogens with zero attached hydrogens (tertiary/aromatic N) is 3. The molecule has 1 aliphatic heterocycles. The standard InChI is InChI=1S/C18H13Cl2N5O2/c19-11-3-1-10(2-4-11)16-22-18-23-17(27)14(25(18)24-16)9-15(26)21-13-7-5-12(20)6-8-13/h1-8,14H,9H2,(H,21,26)(H,22,23,24,27). The van der Waals surface area contributed by atoms with Crippen LogP contribution in [0, 0.1) is 0 Å². The molecule has 2 N–H and O–H groups in total. The summed E-state index contributed by atoms with van der Waals surface area (Å²) in [7, 11) is 0. The Morgan fingerprint density at radius 1 is 1.07 bits per heavy atom. The molecular weight excluding hydrogens is 389 g/mol. The van der Waals surface area contributed by atoms with Crippen molar-refractivity contribution in [3.63, 3.8) is 0 Å². The van der Waals surface area contributed by atoms with E-state index in [1.807, 2.05) is 0 Å². The smallest absolute Gasteiger partial charge is 0.252 e. The first-order valence-electron chi connectivity index (χ1n) is 8.08. The van der Waals surface area contributed by atoms with Gasteiger partial charge in [0.15, 0.2) is 5.82 Å². The number of amides is 2. The molecule has 0 radical (unpaired) electrons. The van der Waals surface area contributed by atoms with Gasteiger partial charge in [0, 0.05) is 21.3 Å². The van der Waals surface area contributed by atoms with E-state index in [4.69, 9.17) is 23.2 Å². The van der Waals surface area contributed by atoms with Gasteiger partial charge in [0.2, 0.25) is 11.9 Å². The Hall–Kier alpha value is -2.90. The van der Waals surface area contributed by atoms with E-state index in [1.54, 1.807) is 48.5 Å². The number of fused-ring (bicyclic) bond motifs is 1. The van der Waals surface area contributed by atoms with Gasteiger partial charge >= 0.3 is 0 Å². The second kappa shape index (κ2) is 7.02. The lowest BCUT2D eigenvalue weighted by molar-refractivity contribution is -0.123. The molecule has 7 nitrogen and oxygen atoms in total. The lowest BCUT2D eigenvalue weighted by Gasteiger charge is -2.10. The number of nitrogens with one attached hydrogen (secondary N) is 2. The maximum absolute atomic E-state index is 12.3. The van der Waals surface area contributed by atoms with Gasteiger partial charge in [-0.3, -0.25) is 14.9 Å². The van der Waals surface area contributed by atoms with Crippen molar-refractivity contribution in [2.24, 2.45) is 0 Å². The summed E-state index contributed by atoms with van der Waals surface area (Å²) in [5, 5.41) is 10.9. The minimum atomic E-state index is -0.763. The van der Waals surface area contributed by atoms with Crippen molar-refractivity contribution in [2.75, 3.05) is 10.6 Å². The van der Waals surface area contributed by atoms with Gasteiger partial charge in [-0.25, -0.2) is 4.68 Å². The molecule has 0 saturated heterocycles. The van der Waals surface area contributed by atoms with E-state index < -0.39 is 6.04 Å². The van der Waals surface area contributed by atoms with Crippen LogP contribution in [0.5, 0.6) is 0 Å². The highest BCUT2D eigenvalue weighted by molar-refractivity contribution is 6.30. The third-order valence-corrected chi connectivity index (χ3v) is 4.58. The quantitative estimate of drug-likeness (QED) is 0.695. The van der Waals surface area contributed by atoms with E-state index in [9.17, 15) is 9.59 Å². The predicted molar refractivity (Wildman–Crippen MR) is 103 cm³/mol. The number of benzene rings is 2. The molecule has 1 aromatic heterocycles. The molecular formula is C18H13Cl2N5O2. The maximum atomic E-state index is 12.3. The molecule has 2 amide bonds. The van der Waals surface area contributed by atoms with Crippen LogP contribution in [0.2, 0.25) is 10.0 Å². The Morgan fingerprint density at radius 3 is 2.37 bits per heavy atom. The van der Waals surface area contributed by atoms with Crippen molar-refractivity contribution in [1.29, 1.82) is 0 Å². The Kier molecular flexibility index (Phi) is 4.55. The largest absolute Gasteiger partial charge is 0.326 e. The first-order chi connectivity index (χ1) is 13.0. The maximum Gasteiger partial charge on any atom is 0.252 e. The highest BCUT2D eigenvalue weighted by atomic mass is 35.5. The number of halogens is 2. The van der Waals surface area contributed by atoms with Crippen molar-refractivity contribution in [1.82, 2.24) is 14.8 Å². The van der Waals surface area contributed by atoms with Crippen molar-refractivity contribution < 1.29 is 9.59 Å². The van der Waals surface area contributed by atoms with Crippen molar-refractivity contribution in [3.05, 3.63) is 58.6 Å². The van der Waals surface area contributed by atoms with E-state index in [-0.39, 0.29) is 18.2 Å². The Labute approximate surface area is 164 Å². The molecule has 2 heterocycles. The zero-order valence-corrected chi connectivity index (χ0v) is 15.3. The van der Waals surface area contributed by atoms with Crippen molar-refractivity contribution in [2.45, 2.75) is 12.5 Å². The summed E-state index contributed by atoms with van der Waals surface area (Å²) >= 11 is 11.7. The molecule has 3 aromatic rings. The van der Waals surface area contributed by atoms with Crippen LogP contribution in [0.3, 0.4) is 0 Å². The van der Waals surface area contributed by atoms with E-state index in [1.165, 1.54) is 4.68 Å². The van der Waals surface area contributed by atoms with Gasteiger partial charge in [-0.15, -0.1) is 5.10 Å². The van der Waals surface area contributed by atoms with Gasteiger partial charge < -0.3 is 5.32 Å². The van der Waals surface area contributed by atoms with Crippen molar-refractivity contribution in [3.8, 4) is 11.4 Å². The highest BCUT2D eigenvalue weighted by Crippen LogP contribution is 2.29. The number of hydrogen-bond donors (Lipinski definition) is 2. The summed E-state index contributed by atoms with van der Waals surface area (Å²) in [6.07, 6.45) is -0.0646. The first-order valence-corrected chi connectivity index (χ1v) is 8.84. The number of rotatable bonds is 4. The minimum absolute atomic E-state index is 0.0646. The van der Waals surface area contributed by atoms with Gasteiger partial charge in [0.25, 0.3) is 5.91 Å². The number of hydrogen-bond acceptors (Lipinski definition) is 4. The average molecular weight is 402 g/mol. The molecule has 0 bridgehead atoms. The molecule has 1 unspecified atom stereocenters. The summed E-state index contributed by atoms with van der Waals surface area (Å²) in [5.74, 6) is 0.131. The van der Waals surface area contributed by atoms with Crippen LogP contribution in [0.4, 0.5) is 11.6 Å². The van der Waals surface area contributed by atoms with E-state index in [2.05, 4.69) is 20.7 Å². The monoisotopic (exact) mass is 401 g/mol. The highest BCUT2D eigenvalue weighted by Gasteiger charge is 2.35. The topological polar surface area (TPSA) is 88.9 Å². The lowest BCUT2D eigenvalue weighted by atomic mass is 10.2. The Balaban J connectivity index is 1.51. The van der Waals surface area contributed by atoms with Gasteiger partial charge in [-0.1, -0.05) is 23.2 Å². The summed E-state index contributed by atoms with van der Waals surface area (Å²) in [5.41, 5.74) is 1.36. The summed E-state index contributed by atoms with van der Waals surface area (Å²) in [6, 6.07) is 13.0. The molecule has 1 atom stereocenters. The summed E-state index contributed by atoms with van der Waals surface area (Å²) < 4.78 is 1.44. The Morgan fingerprint density at radius 2 is 1.70 bits per heavy atom. The van der Waals surface area contributed by atoms with Crippen LogP contribution < -0.4 is 10.6 Å². The number of aromatic nitrogens is 3. The molecule has 0 spiro atoms. The molecule has 2 aromatic carbocycles. The SMILES string of the molecule is O=C(CC1C(=O)Nc2nc(-c3ccc(Cl)cc3)nn21)Nc1ccc(Cl)cc1. The minimum Gasteiger partial charge on any atom is -0.326 e. The van der Waals surface area contributed by atoms with Crippen molar-refractivity contribution >= 4 is 46.7 Å². The fraction of sp³-hybridized carbons (Fsp3) is 0.111. The molecule has 136 valence electrons. The zero-order chi connectivity index (χ0) is 19.0. The van der Waals surface area contributed by atoms with Gasteiger partial charge in [-0.05, 0) is 48.5 Å². The number of carbonyl (C=O) groups is 2. The molecule has 0 fully saturated rings. The van der Waals surface area contributed by atoms with Crippen LogP contribution in [0.1, 0.15) is 12.5 Å². The van der Waals surface area contributed by atoms with E-state index in [0.717, 1.165) is 5.56 Å².